The first-order valence-corrected chi connectivity index (χ1v) is 8.10. The minimum Gasteiger partial charge on any atom is -0.329 e. The minimum atomic E-state index is -4.03. The molecule has 1 unspecified atom stereocenters. The fourth-order valence-electron chi connectivity index (χ4n) is 2.65. The summed E-state index contributed by atoms with van der Waals surface area (Å²) in [4.78, 5) is -0.546. The zero-order chi connectivity index (χ0) is 14.8. The molecule has 0 bridgehead atoms. The highest BCUT2D eigenvalue weighted by Gasteiger charge is 2.29. The van der Waals surface area contributed by atoms with Crippen molar-refractivity contribution in [1.29, 1.82) is 0 Å². The van der Waals surface area contributed by atoms with E-state index in [0.717, 1.165) is 37.8 Å². The van der Waals surface area contributed by atoms with E-state index in [9.17, 15) is 17.2 Å². The number of benzene rings is 1. The Balaban J connectivity index is 0.00000220. The SMILES string of the molecule is Cl.NCC(NS(=O)(=O)c1ccc(F)cc1F)C1CCCC1. The molecule has 1 aromatic carbocycles. The molecule has 1 saturated carbocycles. The van der Waals surface area contributed by atoms with Gasteiger partial charge < -0.3 is 5.73 Å². The van der Waals surface area contributed by atoms with Crippen molar-refractivity contribution in [3.05, 3.63) is 29.8 Å². The monoisotopic (exact) mass is 340 g/mol. The van der Waals surface area contributed by atoms with Gasteiger partial charge in [0, 0.05) is 18.7 Å². The van der Waals surface area contributed by atoms with Gasteiger partial charge in [0.25, 0.3) is 0 Å². The van der Waals surface area contributed by atoms with E-state index >= 15 is 0 Å². The van der Waals surface area contributed by atoms with Crippen molar-refractivity contribution in [2.75, 3.05) is 6.54 Å². The standard InChI is InChI=1S/C13H18F2N2O2S.ClH/c14-10-5-6-13(11(15)7-10)20(18,19)17-12(8-16)9-3-1-2-4-9;/h5-7,9,12,17H,1-4,8,16H2;1H. The smallest absolute Gasteiger partial charge is 0.243 e. The average molecular weight is 341 g/mol. The van der Waals surface area contributed by atoms with Crippen LogP contribution in [0.25, 0.3) is 0 Å². The number of hydrogen-bond donors (Lipinski definition) is 2. The average Bonchev–Trinajstić information content (AvgIpc) is 2.89. The van der Waals surface area contributed by atoms with E-state index in [0.29, 0.717) is 6.07 Å². The number of nitrogens with two attached hydrogens (primary N) is 1. The number of sulfonamides is 1. The molecule has 1 aliphatic rings. The second kappa shape index (κ2) is 7.49. The molecular weight excluding hydrogens is 322 g/mol. The number of rotatable bonds is 5. The maximum Gasteiger partial charge on any atom is 0.243 e. The van der Waals surface area contributed by atoms with E-state index in [2.05, 4.69) is 4.72 Å². The third kappa shape index (κ3) is 4.35. The van der Waals surface area contributed by atoms with Crippen LogP contribution in [0, 0.1) is 17.6 Å². The molecule has 3 N–H and O–H groups in total. The fraction of sp³-hybridized carbons (Fsp3) is 0.538. The molecule has 1 aromatic rings. The minimum absolute atomic E-state index is 0. The first-order valence-electron chi connectivity index (χ1n) is 6.61. The molecule has 0 saturated heterocycles. The third-order valence-corrected chi connectivity index (χ3v) is 5.24. The maximum absolute atomic E-state index is 13.6. The molecule has 0 aliphatic heterocycles. The molecule has 4 nitrogen and oxygen atoms in total. The van der Waals surface area contributed by atoms with Crippen molar-refractivity contribution in [3.8, 4) is 0 Å². The summed E-state index contributed by atoms with van der Waals surface area (Å²) in [6.45, 7) is 0.159. The molecule has 0 radical (unpaired) electrons. The van der Waals surface area contributed by atoms with Crippen LogP contribution in [0.15, 0.2) is 23.1 Å². The summed E-state index contributed by atoms with van der Waals surface area (Å²) in [5.74, 6) is -1.73. The summed E-state index contributed by atoms with van der Waals surface area (Å²) >= 11 is 0. The Hall–Kier alpha value is -0.760. The lowest BCUT2D eigenvalue weighted by Crippen LogP contribution is -2.44. The van der Waals surface area contributed by atoms with Crippen LogP contribution < -0.4 is 10.5 Å². The van der Waals surface area contributed by atoms with Gasteiger partial charge in [-0.3, -0.25) is 0 Å². The summed E-state index contributed by atoms with van der Waals surface area (Å²) in [7, 11) is -4.03. The molecule has 0 heterocycles. The van der Waals surface area contributed by atoms with Gasteiger partial charge in [-0.15, -0.1) is 12.4 Å². The Morgan fingerprint density at radius 2 is 1.90 bits per heavy atom. The quantitative estimate of drug-likeness (QED) is 0.863. The Labute approximate surface area is 129 Å². The summed E-state index contributed by atoms with van der Waals surface area (Å²) in [5, 5.41) is 0. The highest BCUT2D eigenvalue weighted by atomic mass is 35.5. The Kier molecular flexibility index (Phi) is 6.52. The Morgan fingerprint density at radius 1 is 1.29 bits per heavy atom. The van der Waals surface area contributed by atoms with Crippen LogP contribution >= 0.6 is 12.4 Å². The van der Waals surface area contributed by atoms with Crippen molar-refractivity contribution in [2.45, 2.75) is 36.6 Å². The van der Waals surface area contributed by atoms with Crippen LogP contribution in [-0.2, 0) is 10.0 Å². The van der Waals surface area contributed by atoms with Gasteiger partial charge in [-0.2, -0.15) is 0 Å². The molecule has 1 aliphatic carbocycles. The van der Waals surface area contributed by atoms with E-state index in [-0.39, 0.29) is 24.9 Å². The molecule has 0 aromatic heterocycles. The number of hydrogen-bond acceptors (Lipinski definition) is 3. The van der Waals surface area contributed by atoms with Crippen LogP contribution in [-0.4, -0.2) is 21.0 Å². The summed E-state index contributed by atoms with van der Waals surface area (Å²) in [5.41, 5.74) is 5.62. The van der Waals surface area contributed by atoms with Crippen molar-refractivity contribution >= 4 is 22.4 Å². The molecular formula is C13H19ClF2N2O2S. The Morgan fingerprint density at radius 3 is 2.43 bits per heavy atom. The number of halogens is 3. The normalized spacial score (nSPS) is 17.5. The van der Waals surface area contributed by atoms with Gasteiger partial charge >= 0.3 is 0 Å². The lowest BCUT2D eigenvalue weighted by molar-refractivity contribution is 0.404. The van der Waals surface area contributed by atoms with Gasteiger partial charge in [0.1, 0.15) is 16.5 Å². The predicted molar refractivity (Wildman–Crippen MR) is 78.7 cm³/mol. The maximum atomic E-state index is 13.6. The van der Waals surface area contributed by atoms with Gasteiger partial charge in [-0.05, 0) is 30.9 Å². The largest absolute Gasteiger partial charge is 0.329 e. The molecule has 2 rings (SSSR count). The van der Waals surface area contributed by atoms with Gasteiger partial charge in [0.05, 0.1) is 0 Å². The van der Waals surface area contributed by atoms with Gasteiger partial charge in [-0.1, -0.05) is 12.8 Å². The van der Waals surface area contributed by atoms with Crippen LogP contribution in [0.4, 0.5) is 8.78 Å². The molecule has 120 valence electrons. The Bertz CT molecular complexity index is 578. The number of nitrogens with one attached hydrogen (secondary N) is 1. The second-order valence-corrected chi connectivity index (χ2v) is 6.77. The van der Waals surface area contributed by atoms with Crippen molar-refractivity contribution in [3.63, 3.8) is 0 Å². The van der Waals surface area contributed by atoms with E-state index < -0.39 is 32.6 Å². The van der Waals surface area contributed by atoms with Crippen LogP contribution in [0.1, 0.15) is 25.7 Å². The third-order valence-electron chi connectivity index (χ3n) is 3.71. The molecule has 8 heteroatoms. The van der Waals surface area contributed by atoms with Gasteiger partial charge in [0.15, 0.2) is 0 Å². The van der Waals surface area contributed by atoms with Crippen LogP contribution in [0.3, 0.4) is 0 Å². The topological polar surface area (TPSA) is 72.2 Å². The zero-order valence-corrected chi connectivity index (χ0v) is 13.0. The second-order valence-electron chi connectivity index (χ2n) is 5.08. The fourth-order valence-corrected chi connectivity index (χ4v) is 4.03. The highest BCUT2D eigenvalue weighted by Crippen LogP contribution is 2.28. The lowest BCUT2D eigenvalue weighted by Gasteiger charge is -2.23. The molecule has 1 atom stereocenters. The predicted octanol–water partition coefficient (Wildman–Crippen LogP) is 2.18. The zero-order valence-electron chi connectivity index (χ0n) is 11.4. The lowest BCUT2D eigenvalue weighted by atomic mass is 9.99. The van der Waals surface area contributed by atoms with Gasteiger partial charge in [0.2, 0.25) is 10.0 Å². The summed E-state index contributed by atoms with van der Waals surface area (Å²) < 4.78 is 53.2. The molecule has 0 spiro atoms. The van der Waals surface area contributed by atoms with Crippen LogP contribution in [0.2, 0.25) is 0 Å². The molecule has 0 amide bonds. The van der Waals surface area contributed by atoms with E-state index in [4.69, 9.17) is 5.73 Å². The van der Waals surface area contributed by atoms with E-state index in [1.54, 1.807) is 0 Å². The van der Waals surface area contributed by atoms with E-state index in [1.807, 2.05) is 0 Å². The van der Waals surface area contributed by atoms with Crippen molar-refractivity contribution in [2.24, 2.45) is 11.7 Å². The summed E-state index contributed by atoms with van der Waals surface area (Å²) in [6.07, 6.45) is 3.92. The van der Waals surface area contributed by atoms with Crippen LogP contribution in [0.5, 0.6) is 0 Å². The molecule has 21 heavy (non-hydrogen) atoms. The highest BCUT2D eigenvalue weighted by molar-refractivity contribution is 7.89. The van der Waals surface area contributed by atoms with E-state index in [1.165, 1.54) is 0 Å². The summed E-state index contributed by atoms with van der Waals surface area (Å²) in [6, 6.07) is 1.99. The van der Waals surface area contributed by atoms with Gasteiger partial charge in [-0.25, -0.2) is 21.9 Å². The van der Waals surface area contributed by atoms with Crippen molar-refractivity contribution < 1.29 is 17.2 Å². The first kappa shape index (κ1) is 18.3. The van der Waals surface area contributed by atoms with Crippen molar-refractivity contribution in [1.82, 2.24) is 4.72 Å². The molecule has 1 fully saturated rings. The first-order chi connectivity index (χ1) is 9.44.